The molecule has 2 rings (SSSR count). The lowest BCUT2D eigenvalue weighted by atomic mass is 9.98. The molecule has 1 aliphatic rings. The molecule has 0 saturated heterocycles. The van der Waals surface area contributed by atoms with Gasteiger partial charge in [-0.3, -0.25) is 9.59 Å². The van der Waals surface area contributed by atoms with Crippen LogP contribution in [-0.2, 0) is 16.0 Å². The maximum absolute atomic E-state index is 13.5. The Morgan fingerprint density at radius 3 is 2.65 bits per heavy atom. The van der Waals surface area contributed by atoms with Crippen molar-refractivity contribution < 1.29 is 23.9 Å². The van der Waals surface area contributed by atoms with Crippen LogP contribution in [0.3, 0.4) is 0 Å². The Morgan fingerprint density at radius 1 is 1.29 bits per heavy atom. The highest BCUT2D eigenvalue weighted by atomic mass is 19.1. The second kappa shape index (κ2) is 3.97. The molecule has 1 aromatic rings. The molecule has 2 N–H and O–H groups in total. The van der Waals surface area contributed by atoms with E-state index in [2.05, 4.69) is 5.32 Å². The lowest BCUT2D eigenvalue weighted by molar-refractivity contribution is -0.131. The molecular weight excluding hydrogens is 229 g/mol. The zero-order chi connectivity index (χ0) is 12.6. The Labute approximate surface area is 95.2 Å². The van der Waals surface area contributed by atoms with Crippen molar-refractivity contribution in [3.63, 3.8) is 0 Å². The van der Waals surface area contributed by atoms with Crippen LogP contribution >= 0.6 is 0 Å². The van der Waals surface area contributed by atoms with Crippen LogP contribution in [0.25, 0.3) is 0 Å². The third-order valence-electron chi connectivity index (χ3n) is 2.53. The third-order valence-corrected chi connectivity index (χ3v) is 2.53. The molecule has 0 fully saturated rings. The van der Waals surface area contributed by atoms with E-state index in [-0.39, 0.29) is 12.3 Å². The number of hydrogen-bond donors (Lipinski definition) is 2. The standard InChI is InChI=1S/C11H8FNO4/c12-7-4-8-5(1-2-9(14)13-8)3-6(7)10(15)11(16)17/h3-4H,1-2H2,(H,13,14)(H,16,17). The van der Waals surface area contributed by atoms with Crippen LogP contribution < -0.4 is 5.32 Å². The molecular formula is C11H8FNO4. The van der Waals surface area contributed by atoms with E-state index in [4.69, 9.17) is 5.11 Å². The summed E-state index contributed by atoms with van der Waals surface area (Å²) in [6, 6.07) is 2.16. The first kappa shape index (κ1) is 11.3. The summed E-state index contributed by atoms with van der Waals surface area (Å²) >= 11 is 0. The highest BCUT2D eigenvalue weighted by molar-refractivity contribution is 6.40. The van der Waals surface area contributed by atoms with Crippen molar-refractivity contribution in [1.82, 2.24) is 0 Å². The fourth-order valence-corrected chi connectivity index (χ4v) is 1.69. The summed E-state index contributed by atoms with van der Waals surface area (Å²) in [7, 11) is 0. The van der Waals surface area contributed by atoms with E-state index >= 15 is 0 Å². The first-order valence-corrected chi connectivity index (χ1v) is 4.89. The van der Waals surface area contributed by atoms with Gasteiger partial charge in [-0.05, 0) is 24.1 Å². The molecule has 17 heavy (non-hydrogen) atoms. The van der Waals surface area contributed by atoms with Crippen LogP contribution in [0.5, 0.6) is 0 Å². The van der Waals surface area contributed by atoms with Gasteiger partial charge in [0.2, 0.25) is 5.91 Å². The Bertz CT molecular complexity index is 539. The third kappa shape index (κ3) is 2.01. The fourth-order valence-electron chi connectivity index (χ4n) is 1.69. The van der Waals surface area contributed by atoms with Gasteiger partial charge in [-0.2, -0.15) is 0 Å². The zero-order valence-corrected chi connectivity index (χ0v) is 8.62. The number of carboxylic acids is 1. The molecule has 0 saturated carbocycles. The molecule has 6 heteroatoms. The van der Waals surface area contributed by atoms with Crippen molar-refractivity contribution in [3.8, 4) is 0 Å². The molecule has 0 spiro atoms. The molecule has 0 unspecified atom stereocenters. The molecule has 1 aliphatic heterocycles. The van der Waals surface area contributed by atoms with E-state index in [0.29, 0.717) is 17.7 Å². The van der Waals surface area contributed by atoms with Crippen molar-refractivity contribution in [2.75, 3.05) is 5.32 Å². The zero-order valence-electron chi connectivity index (χ0n) is 8.62. The second-order valence-electron chi connectivity index (χ2n) is 3.67. The molecule has 0 radical (unpaired) electrons. The van der Waals surface area contributed by atoms with Gasteiger partial charge in [0.15, 0.2) is 0 Å². The molecule has 0 atom stereocenters. The second-order valence-corrected chi connectivity index (χ2v) is 3.67. The maximum Gasteiger partial charge on any atom is 0.377 e. The summed E-state index contributed by atoms with van der Waals surface area (Å²) in [4.78, 5) is 32.7. The van der Waals surface area contributed by atoms with Gasteiger partial charge in [0.1, 0.15) is 5.82 Å². The van der Waals surface area contributed by atoms with E-state index in [1.165, 1.54) is 6.07 Å². The lowest BCUT2D eigenvalue weighted by Gasteiger charge is -2.17. The number of carbonyl (C=O) groups excluding carboxylic acids is 2. The van der Waals surface area contributed by atoms with E-state index in [9.17, 15) is 18.8 Å². The van der Waals surface area contributed by atoms with Crippen LogP contribution in [0, 0.1) is 5.82 Å². The van der Waals surface area contributed by atoms with Crippen LogP contribution in [0.4, 0.5) is 10.1 Å². The molecule has 1 aromatic carbocycles. The smallest absolute Gasteiger partial charge is 0.377 e. The normalized spacial score (nSPS) is 13.8. The average Bonchev–Trinajstić information content (AvgIpc) is 2.27. The number of aryl methyl sites for hydroxylation is 1. The van der Waals surface area contributed by atoms with Gasteiger partial charge < -0.3 is 10.4 Å². The fraction of sp³-hybridized carbons (Fsp3) is 0.182. The van der Waals surface area contributed by atoms with E-state index in [0.717, 1.165) is 6.07 Å². The van der Waals surface area contributed by atoms with E-state index < -0.39 is 23.1 Å². The van der Waals surface area contributed by atoms with Crippen LogP contribution in [0.15, 0.2) is 12.1 Å². The number of carboxylic acid groups (broad SMARTS) is 1. The van der Waals surface area contributed by atoms with Crippen LogP contribution in [0.1, 0.15) is 22.3 Å². The highest BCUT2D eigenvalue weighted by Crippen LogP contribution is 2.26. The number of halogens is 1. The van der Waals surface area contributed by atoms with Crippen molar-refractivity contribution in [2.45, 2.75) is 12.8 Å². The van der Waals surface area contributed by atoms with Crippen molar-refractivity contribution in [1.29, 1.82) is 0 Å². The monoisotopic (exact) mass is 237 g/mol. The quantitative estimate of drug-likeness (QED) is 0.593. The van der Waals surface area contributed by atoms with Gasteiger partial charge in [-0.15, -0.1) is 0 Å². The maximum atomic E-state index is 13.5. The van der Waals surface area contributed by atoms with Gasteiger partial charge in [0, 0.05) is 12.1 Å². The van der Waals surface area contributed by atoms with Crippen LogP contribution in [-0.4, -0.2) is 22.8 Å². The SMILES string of the molecule is O=C1CCc2cc(C(=O)C(=O)O)c(F)cc2N1. The van der Waals surface area contributed by atoms with Crippen molar-refractivity contribution in [2.24, 2.45) is 0 Å². The Hall–Kier alpha value is -2.24. The Balaban J connectivity index is 2.48. The minimum Gasteiger partial charge on any atom is -0.475 e. The molecule has 5 nitrogen and oxygen atoms in total. The van der Waals surface area contributed by atoms with Gasteiger partial charge in [-0.1, -0.05) is 0 Å². The van der Waals surface area contributed by atoms with Crippen LogP contribution in [0.2, 0.25) is 0 Å². The molecule has 0 aliphatic carbocycles. The summed E-state index contributed by atoms with van der Waals surface area (Å²) < 4.78 is 13.5. The van der Waals surface area contributed by atoms with Crippen molar-refractivity contribution in [3.05, 3.63) is 29.1 Å². The molecule has 1 amide bonds. The number of benzene rings is 1. The summed E-state index contributed by atoms with van der Waals surface area (Å²) in [5, 5.41) is 11.0. The van der Waals surface area contributed by atoms with Gasteiger partial charge >= 0.3 is 5.97 Å². The molecule has 1 heterocycles. The minimum atomic E-state index is -1.70. The number of nitrogens with one attached hydrogen (secondary N) is 1. The van der Waals surface area contributed by atoms with Gasteiger partial charge in [-0.25, -0.2) is 9.18 Å². The first-order valence-electron chi connectivity index (χ1n) is 4.89. The largest absolute Gasteiger partial charge is 0.475 e. The van der Waals surface area contributed by atoms with Gasteiger partial charge in [0.05, 0.1) is 5.56 Å². The van der Waals surface area contributed by atoms with E-state index in [1.807, 2.05) is 0 Å². The number of hydrogen-bond acceptors (Lipinski definition) is 3. The first-order chi connectivity index (χ1) is 7.99. The lowest BCUT2D eigenvalue weighted by Crippen LogP contribution is -2.21. The number of ketones is 1. The number of rotatable bonds is 2. The number of amides is 1. The topological polar surface area (TPSA) is 83.5 Å². The van der Waals surface area contributed by atoms with E-state index in [1.54, 1.807) is 0 Å². The summed E-state index contributed by atoms with van der Waals surface area (Å²) in [6.07, 6.45) is 0.598. The molecule has 0 bridgehead atoms. The minimum absolute atomic E-state index is 0.228. The number of fused-ring (bicyclic) bond motifs is 1. The summed E-state index contributed by atoms with van der Waals surface area (Å²) in [5.74, 6) is -4.17. The highest BCUT2D eigenvalue weighted by Gasteiger charge is 2.23. The number of carbonyl (C=O) groups is 3. The number of anilines is 1. The molecule has 88 valence electrons. The molecule has 0 aromatic heterocycles. The average molecular weight is 237 g/mol. The van der Waals surface area contributed by atoms with Gasteiger partial charge in [0.25, 0.3) is 5.78 Å². The summed E-state index contributed by atoms with van der Waals surface area (Å²) in [6.45, 7) is 0. The Morgan fingerprint density at radius 2 is 2.00 bits per heavy atom. The predicted molar refractivity (Wildman–Crippen MR) is 55.3 cm³/mol. The predicted octanol–water partition coefficient (Wildman–Crippen LogP) is 0.978. The van der Waals surface area contributed by atoms with Crippen molar-refractivity contribution >= 4 is 23.3 Å². The summed E-state index contributed by atoms with van der Waals surface area (Å²) in [5.41, 5.74) is 0.378. The number of Topliss-reactive ketones (excluding diaryl/α,β-unsaturated/α-hetero) is 1. The Kier molecular flexibility index (Phi) is 2.63. The number of aliphatic carboxylic acids is 1.